The van der Waals surface area contributed by atoms with E-state index >= 15 is 0 Å². The molecule has 2 aromatic carbocycles. The Kier molecular flexibility index (Phi) is 6.57. The number of benzene rings is 2. The number of morpholine rings is 1. The predicted octanol–water partition coefficient (Wildman–Crippen LogP) is 4.03. The van der Waals surface area contributed by atoms with Gasteiger partial charge in [0.1, 0.15) is 16.7 Å². The molecule has 0 radical (unpaired) electrons. The van der Waals surface area contributed by atoms with E-state index in [0.717, 1.165) is 52.3 Å². The van der Waals surface area contributed by atoms with Gasteiger partial charge in [-0.05, 0) is 24.3 Å². The van der Waals surface area contributed by atoms with Crippen LogP contribution >= 0.6 is 11.6 Å². The van der Waals surface area contributed by atoms with Gasteiger partial charge in [-0.15, -0.1) is 0 Å². The average molecular weight is 428 g/mol. The number of halogens is 1. The summed E-state index contributed by atoms with van der Waals surface area (Å²) < 4.78 is 16.5. The molecule has 1 aliphatic rings. The maximum absolute atomic E-state index is 6.68. The van der Waals surface area contributed by atoms with Crippen LogP contribution in [-0.4, -0.2) is 45.5 Å². The van der Waals surface area contributed by atoms with E-state index < -0.39 is 0 Å². The molecule has 0 aliphatic carbocycles. The van der Waals surface area contributed by atoms with Gasteiger partial charge in [-0.2, -0.15) is 0 Å². The molecule has 0 bridgehead atoms. The largest absolute Gasteiger partial charge is 0.497 e. The Morgan fingerprint density at radius 2 is 1.87 bits per heavy atom. The molecule has 0 saturated carbocycles. The molecule has 4 rings (SSSR count). The summed E-state index contributed by atoms with van der Waals surface area (Å²) in [5.74, 6) is 1.67. The first-order valence-corrected chi connectivity index (χ1v) is 10.4. The quantitative estimate of drug-likeness (QED) is 0.574. The summed E-state index contributed by atoms with van der Waals surface area (Å²) in [6.07, 6.45) is 0. The van der Waals surface area contributed by atoms with E-state index in [1.165, 1.54) is 0 Å². The number of pyridine rings is 1. The molecule has 1 aromatic heterocycles. The van der Waals surface area contributed by atoms with Gasteiger partial charge in [0, 0.05) is 42.7 Å². The zero-order valence-electron chi connectivity index (χ0n) is 17.3. The third kappa shape index (κ3) is 4.31. The van der Waals surface area contributed by atoms with Crippen LogP contribution in [0.2, 0.25) is 5.15 Å². The topological polar surface area (TPSA) is 55.8 Å². The van der Waals surface area contributed by atoms with E-state index in [9.17, 15) is 0 Å². The van der Waals surface area contributed by atoms with Crippen LogP contribution in [-0.2, 0) is 17.8 Å². The zero-order valence-corrected chi connectivity index (χ0v) is 18.0. The maximum atomic E-state index is 6.68. The van der Waals surface area contributed by atoms with Gasteiger partial charge in [-0.25, -0.2) is 4.98 Å². The van der Waals surface area contributed by atoms with Crippen molar-refractivity contribution < 1.29 is 14.2 Å². The van der Waals surface area contributed by atoms with Gasteiger partial charge in [0.25, 0.3) is 0 Å². The number of hydrogen-bond donors (Lipinski definition) is 1. The first kappa shape index (κ1) is 20.7. The Morgan fingerprint density at radius 3 is 2.63 bits per heavy atom. The number of ether oxygens (including phenoxy) is 3. The van der Waals surface area contributed by atoms with E-state index in [2.05, 4.69) is 21.3 Å². The highest BCUT2D eigenvalue weighted by atomic mass is 35.5. The SMILES string of the molecule is COc1ccc2nc(Cl)c(CNCc3ccccc3OC)c(N3CCOCC3)c2c1. The fourth-order valence-corrected chi connectivity index (χ4v) is 4.09. The summed E-state index contributed by atoms with van der Waals surface area (Å²) in [4.78, 5) is 6.99. The molecule has 1 saturated heterocycles. The average Bonchev–Trinajstić information content (AvgIpc) is 2.79. The molecule has 0 amide bonds. The molecule has 1 N–H and O–H groups in total. The molecule has 2 heterocycles. The normalized spacial score (nSPS) is 14.2. The number of para-hydroxylation sites is 1. The standard InChI is InChI=1S/C23H26ClN3O3/c1-28-17-7-8-20-18(13-17)22(27-9-11-30-12-10-27)19(23(24)26-20)15-25-14-16-5-3-4-6-21(16)29-2/h3-8,13,25H,9-12,14-15H2,1-2H3. The molecule has 1 aliphatic heterocycles. The summed E-state index contributed by atoms with van der Waals surface area (Å²) in [6.45, 7) is 4.26. The minimum atomic E-state index is 0.515. The summed E-state index contributed by atoms with van der Waals surface area (Å²) in [5.41, 5.74) is 4.03. The fourth-order valence-electron chi connectivity index (χ4n) is 3.84. The summed E-state index contributed by atoms with van der Waals surface area (Å²) in [7, 11) is 3.36. The second-order valence-electron chi connectivity index (χ2n) is 7.13. The van der Waals surface area contributed by atoms with Crippen LogP contribution in [0.5, 0.6) is 11.5 Å². The molecular weight excluding hydrogens is 402 g/mol. The number of methoxy groups -OCH3 is 2. The minimum Gasteiger partial charge on any atom is -0.497 e. The molecule has 7 heteroatoms. The molecule has 0 atom stereocenters. The molecular formula is C23H26ClN3O3. The molecule has 6 nitrogen and oxygen atoms in total. The first-order chi connectivity index (χ1) is 14.7. The minimum absolute atomic E-state index is 0.515. The summed E-state index contributed by atoms with van der Waals surface area (Å²) >= 11 is 6.68. The predicted molar refractivity (Wildman–Crippen MR) is 120 cm³/mol. The molecule has 158 valence electrons. The number of fused-ring (bicyclic) bond motifs is 1. The smallest absolute Gasteiger partial charge is 0.136 e. The van der Waals surface area contributed by atoms with Crippen LogP contribution in [0.4, 0.5) is 5.69 Å². The van der Waals surface area contributed by atoms with Gasteiger partial charge >= 0.3 is 0 Å². The maximum Gasteiger partial charge on any atom is 0.136 e. The van der Waals surface area contributed by atoms with Crippen molar-refractivity contribution in [2.24, 2.45) is 0 Å². The lowest BCUT2D eigenvalue weighted by atomic mass is 10.1. The lowest BCUT2D eigenvalue weighted by Crippen LogP contribution is -2.37. The Morgan fingerprint density at radius 1 is 1.07 bits per heavy atom. The highest BCUT2D eigenvalue weighted by Crippen LogP contribution is 2.36. The number of aromatic nitrogens is 1. The van der Waals surface area contributed by atoms with Crippen LogP contribution in [0.1, 0.15) is 11.1 Å². The Hall–Kier alpha value is -2.54. The molecule has 30 heavy (non-hydrogen) atoms. The lowest BCUT2D eigenvalue weighted by Gasteiger charge is -2.32. The molecule has 3 aromatic rings. The van der Waals surface area contributed by atoms with Crippen molar-refractivity contribution in [3.63, 3.8) is 0 Å². The van der Waals surface area contributed by atoms with Crippen molar-refractivity contribution >= 4 is 28.2 Å². The third-order valence-corrected chi connectivity index (χ3v) is 5.66. The second-order valence-corrected chi connectivity index (χ2v) is 7.49. The van der Waals surface area contributed by atoms with Gasteiger partial charge in [0.2, 0.25) is 0 Å². The Balaban J connectivity index is 1.69. The second kappa shape index (κ2) is 9.51. The highest BCUT2D eigenvalue weighted by molar-refractivity contribution is 6.31. The van der Waals surface area contributed by atoms with E-state index in [1.807, 2.05) is 36.4 Å². The summed E-state index contributed by atoms with van der Waals surface area (Å²) in [6, 6.07) is 13.9. The van der Waals surface area contributed by atoms with Gasteiger partial charge in [0.15, 0.2) is 0 Å². The van der Waals surface area contributed by atoms with Crippen LogP contribution in [0.15, 0.2) is 42.5 Å². The van der Waals surface area contributed by atoms with Crippen molar-refractivity contribution in [1.82, 2.24) is 10.3 Å². The molecule has 1 fully saturated rings. The third-order valence-electron chi connectivity index (χ3n) is 5.35. The Bertz CT molecular complexity index is 1020. The van der Waals surface area contributed by atoms with Crippen LogP contribution in [0.3, 0.4) is 0 Å². The Labute approximate surface area is 181 Å². The van der Waals surface area contributed by atoms with Crippen LogP contribution < -0.4 is 19.7 Å². The number of anilines is 1. The van der Waals surface area contributed by atoms with Crippen molar-refractivity contribution in [1.29, 1.82) is 0 Å². The zero-order chi connectivity index (χ0) is 20.9. The van der Waals surface area contributed by atoms with E-state index in [4.69, 9.17) is 25.8 Å². The van der Waals surface area contributed by atoms with Crippen molar-refractivity contribution in [2.45, 2.75) is 13.1 Å². The van der Waals surface area contributed by atoms with E-state index in [-0.39, 0.29) is 0 Å². The first-order valence-electron chi connectivity index (χ1n) is 10.0. The monoisotopic (exact) mass is 427 g/mol. The molecule has 0 unspecified atom stereocenters. The lowest BCUT2D eigenvalue weighted by molar-refractivity contribution is 0.122. The number of nitrogens with one attached hydrogen (secondary N) is 1. The number of nitrogens with zero attached hydrogens (tertiary/aromatic N) is 2. The highest BCUT2D eigenvalue weighted by Gasteiger charge is 2.21. The van der Waals surface area contributed by atoms with E-state index in [0.29, 0.717) is 31.5 Å². The van der Waals surface area contributed by atoms with Gasteiger partial charge in [-0.1, -0.05) is 29.8 Å². The summed E-state index contributed by atoms with van der Waals surface area (Å²) in [5, 5.41) is 5.06. The van der Waals surface area contributed by atoms with Crippen molar-refractivity contribution in [3.8, 4) is 11.5 Å². The van der Waals surface area contributed by atoms with E-state index in [1.54, 1.807) is 14.2 Å². The van der Waals surface area contributed by atoms with Gasteiger partial charge in [-0.3, -0.25) is 0 Å². The van der Waals surface area contributed by atoms with Gasteiger partial charge < -0.3 is 24.4 Å². The molecule has 0 spiro atoms. The number of rotatable bonds is 7. The van der Waals surface area contributed by atoms with Crippen LogP contribution in [0.25, 0.3) is 10.9 Å². The van der Waals surface area contributed by atoms with Gasteiger partial charge in [0.05, 0.1) is 38.6 Å². The fraction of sp³-hybridized carbons (Fsp3) is 0.348. The van der Waals surface area contributed by atoms with Crippen molar-refractivity contribution in [2.75, 3.05) is 45.4 Å². The van der Waals surface area contributed by atoms with Crippen molar-refractivity contribution in [3.05, 3.63) is 58.7 Å². The van der Waals surface area contributed by atoms with Crippen LogP contribution in [0, 0.1) is 0 Å². The number of hydrogen-bond acceptors (Lipinski definition) is 6.